The van der Waals surface area contributed by atoms with Crippen LogP contribution in [0.15, 0.2) is 44.8 Å². The molecule has 0 amide bonds. The SMILES string of the molecule is Cc1noc2ncc(S(=O)(=O)N[C@@H]3CCSc4ccc(F)cc43)cc12. The second kappa shape index (κ2) is 6.08. The first kappa shape index (κ1) is 16.5. The predicted molar refractivity (Wildman–Crippen MR) is 91.3 cm³/mol. The Labute approximate surface area is 147 Å². The van der Waals surface area contributed by atoms with Crippen LogP contribution in [0.4, 0.5) is 4.39 Å². The number of benzene rings is 1. The van der Waals surface area contributed by atoms with Crippen LogP contribution < -0.4 is 4.72 Å². The van der Waals surface area contributed by atoms with E-state index in [9.17, 15) is 12.8 Å². The minimum atomic E-state index is -3.82. The molecule has 25 heavy (non-hydrogen) atoms. The zero-order chi connectivity index (χ0) is 17.6. The van der Waals surface area contributed by atoms with Gasteiger partial charge in [0.1, 0.15) is 10.7 Å². The fraction of sp³-hybridized carbons (Fsp3) is 0.250. The average molecular weight is 379 g/mol. The molecule has 9 heteroatoms. The minimum Gasteiger partial charge on any atom is -0.336 e. The molecule has 1 atom stereocenters. The maximum Gasteiger partial charge on any atom is 0.257 e. The number of rotatable bonds is 3. The summed E-state index contributed by atoms with van der Waals surface area (Å²) in [5, 5.41) is 4.33. The highest BCUT2D eigenvalue weighted by Crippen LogP contribution is 2.37. The van der Waals surface area contributed by atoms with E-state index in [2.05, 4.69) is 14.9 Å². The van der Waals surface area contributed by atoms with E-state index in [0.29, 0.717) is 23.1 Å². The molecule has 3 aromatic rings. The van der Waals surface area contributed by atoms with E-state index in [1.54, 1.807) is 24.8 Å². The van der Waals surface area contributed by atoms with Gasteiger partial charge in [-0.3, -0.25) is 0 Å². The lowest BCUT2D eigenvalue weighted by molar-refractivity contribution is 0.442. The number of halogens is 1. The van der Waals surface area contributed by atoms with E-state index in [4.69, 9.17) is 4.52 Å². The van der Waals surface area contributed by atoms with Crippen molar-refractivity contribution in [1.82, 2.24) is 14.9 Å². The quantitative estimate of drug-likeness (QED) is 0.752. The van der Waals surface area contributed by atoms with Gasteiger partial charge in [-0.25, -0.2) is 22.5 Å². The lowest BCUT2D eigenvalue weighted by atomic mass is 10.0. The number of thioether (sulfide) groups is 1. The smallest absolute Gasteiger partial charge is 0.257 e. The molecule has 4 rings (SSSR count). The fourth-order valence-electron chi connectivity index (χ4n) is 2.82. The van der Waals surface area contributed by atoms with Gasteiger partial charge in [0, 0.05) is 10.9 Å². The number of sulfonamides is 1. The highest BCUT2D eigenvalue weighted by atomic mass is 32.2. The average Bonchev–Trinajstić information content (AvgIpc) is 2.96. The highest BCUT2D eigenvalue weighted by molar-refractivity contribution is 7.99. The van der Waals surface area contributed by atoms with Crippen LogP contribution in [0.3, 0.4) is 0 Å². The standard InChI is InChI=1S/C16H14FN3O3S2/c1-9-12-7-11(8-18-16(12)23-19-9)25(21,22)20-14-4-5-24-15-3-2-10(17)6-13(14)15/h2-3,6-8,14,20H,4-5H2,1H3/t14-/m1/s1. The van der Waals surface area contributed by atoms with Crippen molar-refractivity contribution in [3.8, 4) is 0 Å². The molecule has 1 aliphatic heterocycles. The van der Waals surface area contributed by atoms with Gasteiger partial charge in [-0.1, -0.05) is 5.16 Å². The summed E-state index contributed by atoms with van der Waals surface area (Å²) in [4.78, 5) is 4.93. The van der Waals surface area contributed by atoms with E-state index in [1.807, 2.05) is 0 Å². The van der Waals surface area contributed by atoms with E-state index < -0.39 is 16.1 Å². The van der Waals surface area contributed by atoms with Gasteiger partial charge in [0.25, 0.3) is 5.71 Å². The zero-order valence-electron chi connectivity index (χ0n) is 13.2. The Kier molecular flexibility index (Phi) is 4.01. The maximum atomic E-state index is 13.6. The minimum absolute atomic E-state index is 0.0301. The van der Waals surface area contributed by atoms with Gasteiger partial charge >= 0.3 is 0 Å². The molecule has 2 aromatic heterocycles. The third-order valence-electron chi connectivity index (χ3n) is 4.10. The second-order valence-electron chi connectivity index (χ2n) is 5.78. The van der Waals surface area contributed by atoms with Crippen LogP contribution >= 0.6 is 11.8 Å². The van der Waals surface area contributed by atoms with Gasteiger partial charge in [-0.2, -0.15) is 0 Å². The Balaban J connectivity index is 1.70. The molecule has 0 bridgehead atoms. The Morgan fingerprint density at radius 2 is 2.20 bits per heavy atom. The van der Waals surface area contributed by atoms with E-state index >= 15 is 0 Å². The first-order valence-corrected chi connectivity index (χ1v) is 10.1. The van der Waals surface area contributed by atoms with Crippen molar-refractivity contribution < 1.29 is 17.3 Å². The normalized spacial score (nSPS) is 17.6. The van der Waals surface area contributed by atoms with Crippen molar-refractivity contribution in [2.45, 2.75) is 29.2 Å². The van der Waals surface area contributed by atoms with Gasteiger partial charge in [-0.05, 0) is 48.9 Å². The number of hydrogen-bond acceptors (Lipinski definition) is 6. The van der Waals surface area contributed by atoms with Gasteiger partial charge in [0.2, 0.25) is 10.0 Å². The number of pyridine rings is 1. The number of nitrogens with one attached hydrogen (secondary N) is 1. The van der Waals surface area contributed by atoms with Crippen molar-refractivity contribution in [3.05, 3.63) is 47.5 Å². The van der Waals surface area contributed by atoms with Crippen LogP contribution in [0.5, 0.6) is 0 Å². The zero-order valence-corrected chi connectivity index (χ0v) is 14.8. The van der Waals surface area contributed by atoms with Crippen molar-refractivity contribution in [3.63, 3.8) is 0 Å². The van der Waals surface area contributed by atoms with Crippen molar-refractivity contribution in [2.24, 2.45) is 0 Å². The molecule has 0 saturated heterocycles. The molecule has 0 unspecified atom stereocenters. The lowest BCUT2D eigenvalue weighted by Gasteiger charge is -2.25. The summed E-state index contributed by atoms with van der Waals surface area (Å²) in [5.41, 5.74) is 1.52. The highest BCUT2D eigenvalue weighted by Gasteiger charge is 2.27. The summed E-state index contributed by atoms with van der Waals surface area (Å²) in [6, 6.07) is 5.47. The number of hydrogen-bond donors (Lipinski definition) is 1. The van der Waals surface area contributed by atoms with Crippen LogP contribution in [0.2, 0.25) is 0 Å². The summed E-state index contributed by atoms with van der Waals surface area (Å²) in [6.07, 6.45) is 1.82. The topological polar surface area (TPSA) is 85.1 Å². The number of nitrogens with zero attached hydrogens (tertiary/aromatic N) is 2. The number of fused-ring (bicyclic) bond motifs is 2. The summed E-state index contributed by atoms with van der Waals surface area (Å²) in [6.45, 7) is 1.72. The largest absolute Gasteiger partial charge is 0.336 e. The molecule has 0 fully saturated rings. The predicted octanol–water partition coefficient (Wildman–Crippen LogP) is 3.19. The molecule has 0 saturated carbocycles. The fourth-order valence-corrected chi connectivity index (χ4v) is 5.14. The summed E-state index contributed by atoms with van der Waals surface area (Å²) >= 11 is 1.59. The van der Waals surface area contributed by atoms with E-state index in [0.717, 1.165) is 10.6 Å². The molecule has 130 valence electrons. The third-order valence-corrected chi connectivity index (χ3v) is 6.67. The molecular formula is C16H14FN3O3S2. The van der Waals surface area contributed by atoms with Gasteiger partial charge in [0.05, 0.1) is 17.3 Å². The van der Waals surface area contributed by atoms with Crippen LogP contribution in [-0.4, -0.2) is 24.3 Å². The molecule has 1 aromatic carbocycles. The molecular weight excluding hydrogens is 365 g/mol. The first-order chi connectivity index (χ1) is 11.9. The lowest BCUT2D eigenvalue weighted by Crippen LogP contribution is -2.31. The summed E-state index contributed by atoms with van der Waals surface area (Å²) < 4.78 is 46.8. The first-order valence-electron chi connectivity index (χ1n) is 7.61. The Morgan fingerprint density at radius 1 is 1.36 bits per heavy atom. The van der Waals surface area contributed by atoms with Gasteiger partial charge < -0.3 is 4.52 Å². The maximum absolute atomic E-state index is 13.6. The molecule has 0 spiro atoms. The van der Waals surface area contributed by atoms with E-state index in [-0.39, 0.29) is 16.4 Å². The Hall–Kier alpha value is -1.97. The number of aromatic nitrogens is 2. The van der Waals surface area contributed by atoms with Crippen molar-refractivity contribution in [2.75, 3.05) is 5.75 Å². The monoisotopic (exact) mass is 379 g/mol. The molecule has 3 heterocycles. The van der Waals surface area contributed by atoms with Crippen molar-refractivity contribution in [1.29, 1.82) is 0 Å². The molecule has 6 nitrogen and oxygen atoms in total. The van der Waals surface area contributed by atoms with Crippen LogP contribution in [0.25, 0.3) is 11.1 Å². The Bertz CT molecular complexity index is 1070. The van der Waals surface area contributed by atoms with Crippen molar-refractivity contribution >= 4 is 32.9 Å². The van der Waals surface area contributed by atoms with Crippen LogP contribution in [-0.2, 0) is 10.0 Å². The van der Waals surface area contributed by atoms with Crippen LogP contribution in [0, 0.1) is 12.7 Å². The van der Waals surface area contributed by atoms with Gasteiger partial charge in [0.15, 0.2) is 0 Å². The summed E-state index contributed by atoms with van der Waals surface area (Å²) in [7, 11) is -3.82. The molecule has 0 aliphatic carbocycles. The number of aryl methyl sites for hydroxylation is 1. The third kappa shape index (κ3) is 3.03. The summed E-state index contributed by atoms with van der Waals surface area (Å²) in [5.74, 6) is 0.377. The molecule has 1 N–H and O–H groups in total. The van der Waals surface area contributed by atoms with E-state index in [1.165, 1.54) is 24.4 Å². The van der Waals surface area contributed by atoms with Crippen LogP contribution in [0.1, 0.15) is 23.7 Å². The van der Waals surface area contributed by atoms with Gasteiger partial charge in [-0.15, -0.1) is 11.8 Å². The Morgan fingerprint density at radius 3 is 3.04 bits per heavy atom. The molecule has 0 radical (unpaired) electrons. The second-order valence-corrected chi connectivity index (χ2v) is 8.64. The molecule has 1 aliphatic rings.